The molecule has 1 N–H and O–H groups in total. The van der Waals surface area contributed by atoms with Crippen molar-refractivity contribution in [3.05, 3.63) is 86.6 Å². The fraction of sp³-hybridized carbons (Fsp3) is 0.214. The summed E-state index contributed by atoms with van der Waals surface area (Å²) in [5.41, 5.74) is 1.28. The minimum absolute atomic E-state index is 0.0659. The first-order chi connectivity index (χ1) is 18.7. The van der Waals surface area contributed by atoms with Crippen molar-refractivity contribution in [1.82, 2.24) is 9.66 Å². The number of aromatic nitrogens is 2. The van der Waals surface area contributed by atoms with Gasteiger partial charge in [-0.15, -0.1) is 0 Å². The molecule has 4 rings (SSSR count). The van der Waals surface area contributed by atoms with Crippen LogP contribution in [0.15, 0.2) is 69.0 Å². The topological polar surface area (TPSA) is 104 Å². The summed E-state index contributed by atoms with van der Waals surface area (Å²) in [6, 6.07) is 14.0. The molecule has 202 valence electrons. The second kappa shape index (κ2) is 12.1. The molecule has 0 aliphatic heterocycles. The summed E-state index contributed by atoms with van der Waals surface area (Å²) in [7, 11) is 2.90. The van der Waals surface area contributed by atoms with Gasteiger partial charge in [-0.3, -0.25) is 9.59 Å². The van der Waals surface area contributed by atoms with Gasteiger partial charge < -0.3 is 19.5 Å². The van der Waals surface area contributed by atoms with Crippen LogP contribution in [0.1, 0.15) is 31.2 Å². The molecule has 0 saturated carbocycles. The number of hydrogen-bond acceptors (Lipinski definition) is 7. The Morgan fingerprint density at radius 2 is 1.77 bits per heavy atom. The van der Waals surface area contributed by atoms with E-state index in [1.165, 1.54) is 49.4 Å². The first kappa shape index (κ1) is 27.8. The Morgan fingerprint density at radius 3 is 2.38 bits per heavy atom. The van der Waals surface area contributed by atoms with Crippen molar-refractivity contribution in [2.75, 3.05) is 26.1 Å². The van der Waals surface area contributed by atoms with E-state index in [2.05, 4.69) is 31.3 Å². The number of ether oxygens (including phenoxy) is 3. The normalized spacial score (nSPS) is 11.3. The number of amides is 1. The molecule has 9 nitrogen and oxygen atoms in total. The Hall–Kier alpha value is -4.25. The second-order valence-corrected chi connectivity index (χ2v) is 9.66. The quantitative estimate of drug-likeness (QED) is 0.262. The van der Waals surface area contributed by atoms with E-state index >= 15 is 0 Å². The van der Waals surface area contributed by atoms with Gasteiger partial charge in [-0.25, -0.2) is 9.37 Å². The molecular formula is C28H26BrFN4O5. The molecule has 0 radical (unpaired) electrons. The number of carbonyl (C=O) groups is 1. The lowest BCUT2D eigenvalue weighted by molar-refractivity contribution is -0.118. The number of anilines is 1. The van der Waals surface area contributed by atoms with Crippen molar-refractivity contribution in [2.45, 2.75) is 19.8 Å². The monoisotopic (exact) mass is 596 g/mol. The average molecular weight is 597 g/mol. The third-order valence-electron chi connectivity index (χ3n) is 5.63. The summed E-state index contributed by atoms with van der Waals surface area (Å²) < 4.78 is 31.8. The fourth-order valence-electron chi connectivity index (χ4n) is 3.76. The molecule has 0 atom stereocenters. The van der Waals surface area contributed by atoms with E-state index in [9.17, 15) is 14.0 Å². The number of benzene rings is 3. The number of nitrogens with zero attached hydrogens (tertiary/aromatic N) is 3. The molecule has 1 aromatic heterocycles. The van der Waals surface area contributed by atoms with E-state index in [1.54, 1.807) is 24.3 Å². The van der Waals surface area contributed by atoms with Gasteiger partial charge in [0.15, 0.2) is 18.1 Å². The molecule has 0 spiro atoms. The van der Waals surface area contributed by atoms with Crippen LogP contribution in [-0.2, 0) is 4.79 Å². The van der Waals surface area contributed by atoms with E-state index < -0.39 is 11.7 Å². The summed E-state index contributed by atoms with van der Waals surface area (Å²) in [6.45, 7) is 3.52. The molecule has 0 saturated heterocycles. The minimum atomic E-state index is -0.451. The summed E-state index contributed by atoms with van der Waals surface area (Å²) >= 11 is 3.40. The van der Waals surface area contributed by atoms with Crippen molar-refractivity contribution in [2.24, 2.45) is 5.10 Å². The van der Waals surface area contributed by atoms with Crippen LogP contribution >= 0.6 is 15.9 Å². The van der Waals surface area contributed by atoms with Crippen LogP contribution < -0.4 is 25.1 Å². The number of nitrogens with one attached hydrogen (secondary N) is 1. The number of fused-ring (bicyclic) bond motifs is 1. The Kier molecular flexibility index (Phi) is 8.60. The Balaban J connectivity index is 1.62. The maximum atomic E-state index is 13.3. The first-order valence-electron chi connectivity index (χ1n) is 11.9. The van der Waals surface area contributed by atoms with Gasteiger partial charge in [-0.05, 0) is 54.6 Å². The number of methoxy groups -OCH3 is 2. The zero-order valence-corrected chi connectivity index (χ0v) is 23.3. The molecule has 0 fully saturated rings. The van der Waals surface area contributed by atoms with Gasteiger partial charge in [0.25, 0.3) is 11.5 Å². The van der Waals surface area contributed by atoms with Crippen LogP contribution in [0, 0.1) is 5.82 Å². The third-order valence-corrected chi connectivity index (χ3v) is 6.12. The summed E-state index contributed by atoms with van der Waals surface area (Å²) in [4.78, 5) is 30.3. The second-order valence-electron chi connectivity index (χ2n) is 8.75. The summed E-state index contributed by atoms with van der Waals surface area (Å²) in [5.74, 6) is 0.388. The average Bonchev–Trinajstić information content (AvgIpc) is 2.92. The Morgan fingerprint density at radius 1 is 1.10 bits per heavy atom. The van der Waals surface area contributed by atoms with Gasteiger partial charge in [0, 0.05) is 21.6 Å². The molecule has 4 aromatic rings. The van der Waals surface area contributed by atoms with Crippen molar-refractivity contribution >= 4 is 44.6 Å². The highest BCUT2D eigenvalue weighted by atomic mass is 79.9. The molecule has 3 aromatic carbocycles. The predicted octanol–water partition coefficient (Wildman–Crippen LogP) is 5.34. The van der Waals surface area contributed by atoms with Crippen LogP contribution in [0.2, 0.25) is 0 Å². The SMILES string of the molecule is COc1cc(C=Nn2c(C(C)C)nc3ccc(Br)cc3c2=O)cc(OC)c1OCC(=O)Nc1ccc(F)cc1. The first-order valence-corrected chi connectivity index (χ1v) is 12.7. The molecule has 11 heteroatoms. The van der Waals surface area contributed by atoms with Gasteiger partial charge >= 0.3 is 0 Å². The molecule has 0 bridgehead atoms. The van der Waals surface area contributed by atoms with Crippen molar-refractivity contribution in [3.8, 4) is 17.2 Å². The molecule has 0 unspecified atom stereocenters. The summed E-state index contributed by atoms with van der Waals surface area (Å²) in [5, 5.41) is 7.50. The van der Waals surface area contributed by atoms with Gasteiger partial charge in [-0.1, -0.05) is 29.8 Å². The highest BCUT2D eigenvalue weighted by Gasteiger charge is 2.17. The van der Waals surface area contributed by atoms with Crippen molar-refractivity contribution in [1.29, 1.82) is 0 Å². The molecule has 1 amide bonds. The van der Waals surface area contributed by atoms with Gasteiger partial charge in [0.2, 0.25) is 5.75 Å². The molecule has 1 heterocycles. The third kappa shape index (κ3) is 6.43. The maximum absolute atomic E-state index is 13.3. The lowest BCUT2D eigenvalue weighted by atomic mass is 10.2. The zero-order chi connectivity index (χ0) is 28.1. The highest BCUT2D eigenvalue weighted by molar-refractivity contribution is 9.10. The molecular weight excluding hydrogens is 571 g/mol. The van der Waals surface area contributed by atoms with E-state index in [-0.39, 0.29) is 23.8 Å². The number of halogens is 2. The predicted molar refractivity (Wildman–Crippen MR) is 151 cm³/mol. The van der Waals surface area contributed by atoms with Gasteiger partial charge in [0.05, 0.1) is 31.3 Å². The van der Waals surface area contributed by atoms with Crippen LogP contribution in [0.5, 0.6) is 17.2 Å². The number of rotatable bonds is 9. The number of carbonyl (C=O) groups excluding carboxylic acids is 1. The van der Waals surface area contributed by atoms with Gasteiger partial charge in [0.1, 0.15) is 11.6 Å². The molecule has 0 aliphatic rings. The molecule has 39 heavy (non-hydrogen) atoms. The van der Waals surface area contributed by atoms with E-state index in [0.717, 1.165) is 4.47 Å². The zero-order valence-electron chi connectivity index (χ0n) is 21.7. The van der Waals surface area contributed by atoms with Crippen LogP contribution in [0.25, 0.3) is 10.9 Å². The Labute approximate surface area is 232 Å². The molecule has 0 aliphatic carbocycles. The van der Waals surface area contributed by atoms with E-state index in [1.807, 2.05) is 19.9 Å². The minimum Gasteiger partial charge on any atom is -0.493 e. The fourth-order valence-corrected chi connectivity index (χ4v) is 4.12. The van der Waals surface area contributed by atoms with Crippen LogP contribution in [-0.4, -0.2) is 42.6 Å². The van der Waals surface area contributed by atoms with E-state index in [4.69, 9.17) is 14.2 Å². The lowest BCUT2D eigenvalue weighted by Crippen LogP contribution is -2.23. The standard InChI is InChI=1S/C28H26BrFN4O5/c1-16(2)27-33-22-10-5-18(29)13-21(22)28(36)34(27)31-14-17-11-23(37-3)26(24(12-17)38-4)39-15-25(35)32-20-8-6-19(30)7-9-20/h5-14,16H,15H2,1-4H3,(H,32,35). The maximum Gasteiger partial charge on any atom is 0.282 e. The van der Waals surface area contributed by atoms with Crippen molar-refractivity contribution in [3.63, 3.8) is 0 Å². The largest absolute Gasteiger partial charge is 0.493 e. The lowest BCUT2D eigenvalue weighted by Gasteiger charge is -2.15. The van der Waals surface area contributed by atoms with E-state index in [0.29, 0.717) is 39.5 Å². The Bertz CT molecular complexity index is 1580. The number of hydrogen-bond donors (Lipinski definition) is 1. The van der Waals surface area contributed by atoms with Crippen molar-refractivity contribution < 1.29 is 23.4 Å². The summed E-state index contributed by atoms with van der Waals surface area (Å²) in [6.07, 6.45) is 1.49. The smallest absolute Gasteiger partial charge is 0.282 e. The van der Waals surface area contributed by atoms with Crippen LogP contribution in [0.4, 0.5) is 10.1 Å². The highest BCUT2D eigenvalue weighted by Crippen LogP contribution is 2.38. The van der Waals surface area contributed by atoms with Gasteiger partial charge in [-0.2, -0.15) is 9.78 Å². The van der Waals surface area contributed by atoms with Crippen LogP contribution in [0.3, 0.4) is 0 Å².